The van der Waals surface area contributed by atoms with Gasteiger partial charge in [-0.1, -0.05) is 0 Å². The summed E-state index contributed by atoms with van der Waals surface area (Å²) in [5.74, 6) is 0. The molecule has 0 spiro atoms. The molecule has 0 aromatic rings. The molecule has 0 unspecified atom stereocenters. The molecule has 0 aromatic carbocycles. The predicted molar refractivity (Wildman–Crippen MR) is 26.4 cm³/mol. The van der Waals surface area contributed by atoms with Crippen molar-refractivity contribution in [2.45, 2.75) is 17.5 Å². The van der Waals surface area contributed by atoms with Crippen LogP contribution in [0.2, 0.25) is 4.18 Å². The molecule has 0 aliphatic rings. The van der Waals surface area contributed by atoms with Crippen molar-refractivity contribution in [1.82, 2.24) is 0 Å². The molecule has 0 radical (unpaired) electrons. The van der Waals surface area contributed by atoms with Crippen LogP contribution in [0.3, 0.4) is 0 Å². The zero-order valence-electron chi connectivity index (χ0n) is 3.70. The zero-order valence-corrected chi connectivity index (χ0v) is 7.73. The third kappa shape index (κ3) is 4.83. The van der Waals surface area contributed by atoms with Crippen molar-refractivity contribution >= 4 is 23.2 Å². The number of hydrogen-bond acceptors (Lipinski definition) is 1. The van der Waals surface area contributed by atoms with Crippen LogP contribution in [0.15, 0.2) is 0 Å². The van der Waals surface area contributed by atoms with Gasteiger partial charge in [-0.3, -0.25) is 0 Å². The first-order valence-corrected chi connectivity index (χ1v) is 7.30. The van der Waals surface area contributed by atoms with E-state index in [1.54, 1.807) is 0 Å². The number of nitrogens with two attached hydrogens (primary N) is 1. The van der Waals surface area contributed by atoms with Gasteiger partial charge in [0.05, 0.1) is 0 Å². The Bertz CT molecular complexity index is 14.4. The van der Waals surface area contributed by atoms with E-state index >= 15 is 0 Å². The summed E-state index contributed by atoms with van der Waals surface area (Å²) in [5.41, 5.74) is 0. The summed E-state index contributed by atoms with van der Waals surface area (Å²) in [7, 11) is 0. The molecule has 0 amide bonds. The van der Waals surface area contributed by atoms with Crippen molar-refractivity contribution in [2.24, 2.45) is 3.72 Å². The molecular weight excluding hydrogens is 165 g/mol. The van der Waals surface area contributed by atoms with Gasteiger partial charge in [-0.25, -0.2) is 0 Å². The fourth-order valence-electron chi connectivity index (χ4n) is 0.204. The summed E-state index contributed by atoms with van der Waals surface area (Å²) in [6.45, 7) is 2.18. The topological polar surface area (TPSA) is 26.0 Å². The van der Waals surface area contributed by atoms with E-state index < -0.39 is 23.2 Å². The molecule has 0 atom stereocenters. The fourth-order valence-corrected chi connectivity index (χ4v) is 1.37. The molecule has 0 aliphatic heterocycles. The SMILES string of the molecule is CC[CH2][InH][NH2]. The molecule has 0 aromatic heterocycles. The first kappa shape index (κ1) is 5.83. The van der Waals surface area contributed by atoms with Gasteiger partial charge in [0.1, 0.15) is 0 Å². The Morgan fingerprint density at radius 2 is 2.40 bits per heavy atom. The van der Waals surface area contributed by atoms with Crippen LogP contribution in [0.25, 0.3) is 0 Å². The van der Waals surface area contributed by atoms with Crippen molar-refractivity contribution in [1.29, 1.82) is 0 Å². The standard InChI is InChI=1S/C3H7.In.H2N.H/c1-3-2;;;/h1,3H2,2H3;;1H2;/q;+1;-1;. The van der Waals surface area contributed by atoms with E-state index in [1.165, 1.54) is 10.6 Å². The maximum atomic E-state index is 5.35. The second-order valence-electron chi connectivity index (χ2n) is 1.14. The molecule has 2 heteroatoms. The van der Waals surface area contributed by atoms with Crippen molar-refractivity contribution in [3.63, 3.8) is 0 Å². The minimum absolute atomic E-state index is 0.562. The van der Waals surface area contributed by atoms with E-state index in [0.717, 1.165) is 0 Å². The summed E-state index contributed by atoms with van der Waals surface area (Å²) in [4.78, 5) is 0. The second-order valence-corrected chi connectivity index (χ2v) is 4.81. The molecule has 0 rings (SSSR count). The Balaban J connectivity index is 2.19. The van der Waals surface area contributed by atoms with Crippen LogP contribution >= 0.6 is 0 Å². The average molecular weight is 175 g/mol. The average Bonchev–Trinajstić information content (AvgIpc) is 1.41. The summed E-state index contributed by atoms with van der Waals surface area (Å²) >= 11 is -0.562. The number of hydrogen-bond donors (Lipinski definition) is 1. The molecular formula is C3H10InN. The Hall–Kier alpha value is 0.830. The van der Waals surface area contributed by atoms with Crippen LogP contribution < -0.4 is 3.72 Å². The molecule has 0 bridgehead atoms. The Kier molecular flexibility index (Phi) is 5.63. The van der Waals surface area contributed by atoms with Gasteiger partial charge in [0.15, 0.2) is 0 Å². The maximum absolute atomic E-state index is 5.35. The normalized spacial score (nSPS) is 7.60. The quantitative estimate of drug-likeness (QED) is 0.633. The predicted octanol–water partition coefficient (Wildman–Crippen LogP) is 0.125. The van der Waals surface area contributed by atoms with E-state index in [4.69, 9.17) is 3.72 Å². The van der Waals surface area contributed by atoms with Gasteiger partial charge >= 0.3 is 44.4 Å². The van der Waals surface area contributed by atoms with E-state index in [9.17, 15) is 0 Å². The molecule has 0 heterocycles. The summed E-state index contributed by atoms with van der Waals surface area (Å²) in [6.07, 6.45) is 1.31. The fraction of sp³-hybridized carbons (Fsp3) is 1.00. The molecule has 5 heavy (non-hydrogen) atoms. The van der Waals surface area contributed by atoms with Gasteiger partial charge < -0.3 is 0 Å². The monoisotopic (exact) mass is 175 g/mol. The van der Waals surface area contributed by atoms with Crippen molar-refractivity contribution in [2.75, 3.05) is 0 Å². The van der Waals surface area contributed by atoms with Crippen LogP contribution in [0.4, 0.5) is 0 Å². The Morgan fingerprint density at radius 1 is 1.80 bits per heavy atom. The summed E-state index contributed by atoms with van der Waals surface area (Å²) in [6, 6.07) is 0. The van der Waals surface area contributed by atoms with Gasteiger partial charge in [-0.15, -0.1) is 0 Å². The number of rotatable bonds is 2. The Labute approximate surface area is 44.7 Å². The van der Waals surface area contributed by atoms with E-state index in [0.29, 0.717) is 0 Å². The molecule has 0 saturated heterocycles. The van der Waals surface area contributed by atoms with Crippen LogP contribution in [0.5, 0.6) is 0 Å². The van der Waals surface area contributed by atoms with Gasteiger partial charge in [0.25, 0.3) is 0 Å². The van der Waals surface area contributed by atoms with Gasteiger partial charge in [0.2, 0.25) is 0 Å². The van der Waals surface area contributed by atoms with Crippen LogP contribution in [-0.2, 0) is 0 Å². The van der Waals surface area contributed by atoms with Crippen molar-refractivity contribution in [3.05, 3.63) is 0 Å². The first-order valence-electron chi connectivity index (χ1n) is 2.12. The molecule has 0 fully saturated rings. The van der Waals surface area contributed by atoms with Gasteiger partial charge in [-0.05, 0) is 0 Å². The van der Waals surface area contributed by atoms with Gasteiger partial charge in [-0.2, -0.15) is 0 Å². The van der Waals surface area contributed by atoms with Crippen LogP contribution in [0.1, 0.15) is 13.3 Å². The van der Waals surface area contributed by atoms with Gasteiger partial charge in [0, 0.05) is 0 Å². The molecule has 2 N–H and O–H groups in total. The van der Waals surface area contributed by atoms with E-state index in [-0.39, 0.29) is 0 Å². The summed E-state index contributed by atoms with van der Waals surface area (Å²) in [5, 5.41) is 0. The van der Waals surface area contributed by atoms with Crippen LogP contribution in [0, 0.1) is 0 Å². The molecule has 30 valence electrons. The van der Waals surface area contributed by atoms with Crippen LogP contribution in [-0.4, -0.2) is 23.2 Å². The van der Waals surface area contributed by atoms with E-state index in [1.807, 2.05) is 0 Å². The van der Waals surface area contributed by atoms with Crippen molar-refractivity contribution in [3.8, 4) is 0 Å². The minimum atomic E-state index is -0.562. The molecule has 0 saturated carbocycles. The Morgan fingerprint density at radius 3 is 2.40 bits per heavy atom. The first-order chi connectivity index (χ1) is 2.41. The molecule has 1 nitrogen and oxygen atoms in total. The summed E-state index contributed by atoms with van der Waals surface area (Å²) < 4.78 is 6.73. The third-order valence-electron chi connectivity index (χ3n) is 0.558. The molecule has 0 aliphatic carbocycles. The zero-order chi connectivity index (χ0) is 4.12. The van der Waals surface area contributed by atoms with Crippen molar-refractivity contribution < 1.29 is 0 Å². The second kappa shape index (κ2) is 4.83. The van der Waals surface area contributed by atoms with E-state index in [2.05, 4.69) is 6.92 Å². The third-order valence-corrected chi connectivity index (χ3v) is 3.74.